The highest BCUT2D eigenvalue weighted by molar-refractivity contribution is 7.90. The number of benzene rings is 3. The molecule has 0 bridgehead atoms. The summed E-state index contributed by atoms with van der Waals surface area (Å²) in [6.07, 6.45) is 0.392. The van der Waals surface area contributed by atoms with Crippen LogP contribution in [0.25, 0.3) is 11.1 Å². The predicted octanol–water partition coefficient (Wildman–Crippen LogP) is 4.09. The molecular formula is C23H23NO3S. The molecular weight excluding hydrogens is 370 g/mol. The molecule has 0 fully saturated rings. The Balaban J connectivity index is 1.46. The first-order valence-electron chi connectivity index (χ1n) is 9.21. The summed E-state index contributed by atoms with van der Waals surface area (Å²) in [5.41, 5.74) is 3.49. The molecule has 0 aliphatic heterocycles. The largest absolute Gasteiger partial charge is 0.352 e. The van der Waals surface area contributed by atoms with Gasteiger partial charge in [0.25, 0.3) is 5.91 Å². The Bertz CT molecular complexity index is 999. The molecule has 1 amide bonds. The zero-order valence-electron chi connectivity index (χ0n) is 15.5. The highest BCUT2D eigenvalue weighted by atomic mass is 32.2. The number of amides is 1. The normalized spacial score (nSPS) is 11.1. The number of sulfone groups is 1. The van der Waals surface area contributed by atoms with Crippen molar-refractivity contribution in [3.8, 4) is 11.1 Å². The van der Waals surface area contributed by atoms with Crippen molar-refractivity contribution in [3.05, 3.63) is 96.1 Å². The molecule has 0 saturated carbocycles. The molecule has 144 valence electrons. The summed E-state index contributed by atoms with van der Waals surface area (Å²) in [5, 5.41) is 2.79. The van der Waals surface area contributed by atoms with Gasteiger partial charge in [0.15, 0.2) is 9.84 Å². The summed E-state index contributed by atoms with van der Waals surface area (Å²) in [6, 6.07) is 26.5. The van der Waals surface area contributed by atoms with Gasteiger partial charge in [-0.1, -0.05) is 72.8 Å². The Hall–Kier alpha value is -2.92. The lowest BCUT2D eigenvalue weighted by molar-refractivity contribution is 0.0953. The van der Waals surface area contributed by atoms with Gasteiger partial charge in [0, 0.05) is 12.1 Å². The Morgan fingerprint density at radius 1 is 0.750 bits per heavy atom. The van der Waals surface area contributed by atoms with E-state index >= 15 is 0 Å². The van der Waals surface area contributed by atoms with E-state index in [2.05, 4.69) is 5.32 Å². The molecule has 0 radical (unpaired) electrons. The lowest BCUT2D eigenvalue weighted by atomic mass is 10.0. The van der Waals surface area contributed by atoms with Crippen LogP contribution in [0, 0.1) is 0 Å². The van der Waals surface area contributed by atoms with Gasteiger partial charge in [0.05, 0.1) is 11.5 Å². The zero-order valence-corrected chi connectivity index (χ0v) is 16.4. The number of rotatable bonds is 8. The van der Waals surface area contributed by atoms with Crippen molar-refractivity contribution in [3.63, 3.8) is 0 Å². The van der Waals surface area contributed by atoms with Gasteiger partial charge in [-0.05, 0) is 35.2 Å². The van der Waals surface area contributed by atoms with Crippen LogP contribution >= 0.6 is 0 Å². The van der Waals surface area contributed by atoms with Crippen LogP contribution in [0.5, 0.6) is 0 Å². The second-order valence-corrected chi connectivity index (χ2v) is 8.81. The van der Waals surface area contributed by atoms with Crippen molar-refractivity contribution in [1.29, 1.82) is 0 Å². The second-order valence-electron chi connectivity index (χ2n) is 6.63. The Morgan fingerprint density at radius 3 is 1.96 bits per heavy atom. The fourth-order valence-corrected chi connectivity index (χ4v) is 4.37. The van der Waals surface area contributed by atoms with Crippen LogP contribution in [0.4, 0.5) is 0 Å². The maximum absolute atomic E-state index is 12.2. The van der Waals surface area contributed by atoms with Gasteiger partial charge in [-0.25, -0.2) is 8.42 Å². The summed E-state index contributed by atoms with van der Waals surface area (Å²) >= 11 is 0. The fourth-order valence-electron chi connectivity index (χ4n) is 2.94. The van der Waals surface area contributed by atoms with Crippen LogP contribution in [0.3, 0.4) is 0 Å². The van der Waals surface area contributed by atoms with E-state index in [-0.39, 0.29) is 17.4 Å². The second kappa shape index (κ2) is 9.33. The number of nitrogens with one attached hydrogen (secondary N) is 1. The summed E-state index contributed by atoms with van der Waals surface area (Å²) < 4.78 is 24.3. The van der Waals surface area contributed by atoms with E-state index in [0.717, 1.165) is 16.7 Å². The van der Waals surface area contributed by atoms with Crippen LogP contribution in [-0.2, 0) is 15.6 Å². The first-order valence-corrected chi connectivity index (χ1v) is 11.0. The number of carbonyl (C=O) groups is 1. The highest BCUT2D eigenvalue weighted by Gasteiger charge is 2.12. The molecule has 28 heavy (non-hydrogen) atoms. The van der Waals surface area contributed by atoms with Crippen LogP contribution < -0.4 is 5.32 Å². The lowest BCUT2D eigenvalue weighted by Crippen LogP contribution is -2.26. The molecule has 1 N–H and O–H groups in total. The van der Waals surface area contributed by atoms with E-state index in [4.69, 9.17) is 0 Å². The first kappa shape index (κ1) is 19.8. The maximum Gasteiger partial charge on any atom is 0.251 e. The summed E-state index contributed by atoms with van der Waals surface area (Å²) in [4.78, 5) is 12.2. The monoisotopic (exact) mass is 393 g/mol. The minimum Gasteiger partial charge on any atom is -0.352 e. The molecule has 3 rings (SSSR count). The van der Waals surface area contributed by atoms with Gasteiger partial charge >= 0.3 is 0 Å². The number of carbonyl (C=O) groups excluding carboxylic acids is 1. The Labute approximate surface area is 166 Å². The van der Waals surface area contributed by atoms with Crippen molar-refractivity contribution < 1.29 is 13.2 Å². The molecule has 0 atom stereocenters. The summed E-state index contributed by atoms with van der Waals surface area (Å²) in [6.45, 7) is 0.327. The van der Waals surface area contributed by atoms with Crippen molar-refractivity contribution in [2.24, 2.45) is 0 Å². The third kappa shape index (κ3) is 5.79. The molecule has 0 aromatic heterocycles. The van der Waals surface area contributed by atoms with Gasteiger partial charge in [0.2, 0.25) is 0 Å². The van der Waals surface area contributed by atoms with E-state index in [0.29, 0.717) is 18.5 Å². The smallest absolute Gasteiger partial charge is 0.251 e. The average Bonchev–Trinajstić information content (AvgIpc) is 2.72. The molecule has 5 heteroatoms. The van der Waals surface area contributed by atoms with E-state index in [9.17, 15) is 13.2 Å². The average molecular weight is 394 g/mol. The van der Waals surface area contributed by atoms with Gasteiger partial charge in [0.1, 0.15) is 0 Å². The predicted molar refractivity (Wildman–Crippen MR) is 113 cm³/mol. The van der Waals surface area contributed by atoms with Crippen molar-refractivity contribution in [2.45, 2.75) is 12.2 Å². The van der Waals surface area contributed by atoms with Crippen LogP contribution in [0.15, 0.2) is 84.9 Å². The number of hydrogen-bond donors (Lipinski definition) is 1. The van der Waals surface area contributed by atoms with E-state index in [1.165, 1.54) is 0 Å². The molecule has 0 aliphatic carbocycles. The van der Waals surface area contributed by atoms with Crippen molar-refractivity contribution >= 4 is 15.7 Å². The standard InChI is InChI=1S/C23H23NO3S/c25-23(22-14-12-21(13-15-22)20-10-5-2-6-11-20)24-16-7-17-28(26,27)18-19-8-3-1-4-9-19/h1-6,8-15H,7,16-18H2,(H,24,25). The van der Waals surface area contributed by atoms with E-state index in [1.807, 2.05) is 60.7 Å². The van der Waals surface area contributed by atoms with Gasteiger partial charge in [-0.3, -0.25) is 4.79 Å². The molecule has 0 unspecified atom stereocenters. The van der Waals surface area contributed by atoms with Crippen LogP contribution in [0.1, 0.15) is 22.3 Å². The molecule has 3 aromatic carbocycles. The molecule has 0 heterocycles. The minimum absolute atomic E-state index is 0.0305. The Morgan fingerprint density at radius 2 is 1.32 bits per heavy atom. The SMILES string of the molecule is O=C(NCCCS(=O)(=O)Cc1ccccc1)c1ccc(-c2ccccc2)cc1. The summed E-state index contributed by atoms with van der Waals surface area (Å²) in [7, 11) is -3.18. The maximum atomic E-state index is 12.2. The third-order valence-electron chi connectivity index (χ3n) is 4.40. The molecule has 0 saturated heterocycles. The topological polar surface area (TPSA) is 63.2 Å². The molecule has 4 nitrogen and oxygen atoms in total. The van der Waals surface area contributed by atoms with Crippen molar-refractivity contribution in [1.82, 2.24) is 5.32 Å². The van der Waals surface area contributed by atoms with Crippen LogP contribution in [-0.4, -0.2) is 26.6 Å². The van der Waals surface area contributed by atoms with E-state index in [1.54, 1.807) is 24.3 Å². The van der Waals surface area contributed by atoms with Gasteiger partial charge < -0.3 is 5.32 Å². The van der Waals surface area contributed by atoms with E-state index < -0.39 is 9.84 Å². The Kier molecular flexibility index (Phi) is 6.61. The lowest BCUT2D eigenvalue weighted by Gasteiger charge is -2.08. The fraction of sp³-hybridized carbons (Fsp3) is 0.174. The quantitative estimate of drug-likeness (QED) is 0.586. The first-order chi connectivity index (χ1) is 13.5. The highest BCUT2D eigenvalue weighted by Crippen LogP contribution is 2.19. The summed E-state index contributed by atoms with van der Waals surface area (Å²) in [5.74, 6) is -0.113. The third-order valence-corrected chi connectivity index (χ3v) is 6.09. The van der Waals surface area contributed by atoms with Crippen molar-refractivity contribution in [2.75, 3.05) is 12.3 Å². The number of hydrogen-bond acceptors (Lipinski definition) is 3. The molecule has 0 aliphatic rings. The molecule has 3 aromatic rings. The minimum atomic E-state index is -3.18. The zero-order chi connectivity index (χ0) is 19.8. The van der Waals surface area contributed by atoms with Crippen LogP contribution in [0.2, 0.25) is 0 Å². The molecule has 0 spiro atoms. The van der Waals surface area contributed by atoms with Gasteiger partial charge in [-0.2, -0.15) is 0 Å². The van der Waals surface area contributed by atoms with Gasteiger partial charge in [-0.15, -0.1) is 0 Å².